The van der Waals surface area contributed by atoms with Crippen molar-refractivity contribution in [2.45, 2.75) is 31.7 Å². The fraction of sp³-hybridized carbons (Fsp3) is 0.300. The Labute approximate surface area is 165 Å². The minimum absolute atomic E-state index is 0.0984. The maximum absolute atomic E-state index is 12.7. The molecule has 0 aliphatic rings. The third-order valence-corrected chi connectivity index (χ3v) is 5.76. The topological polar surface area (TPSA) is 104 Å². The van der Waals surface area contributed by atoms with Crippen LogP contribution in [0.15, 0.2) is 53.4 Å². The number of aryl methyl sites for hydroxylation is 1. The van der Waals surface area contributed by atoms with E-state index in [0.717, 1.165) is 5.56 Å². The van der Waals surface area contributed by atoms with Crippen LogP contribution in [0.2, 0.25) is 0 Å². The molecule has 0 unspecified atom stereocenters. The number of rotatable bonds is 7. The van der Waals surface area contributed by atoms with Gasteiger partial charge in [-0.1, -0.05) is 32.0 Å². The molecular formula is C20H25N3O4S. The molecule has 0 radical (unpaired) electrons. The third kappa shape index (κ3) is 5.17. The number of sulfonamides is 1. The number of carbonyl (C=O) groups excluding carboxylic acids is 2. The lowest BCUT2D eigenvalue weighted by Gasteiger charge is -2.22. The minimum Gasteiger partial charge on any atom is -0.340 e. The van der Waals surface area contributed by atoms with Crippen LogP contribution >= 0.6 is 0 Å². The third-order valence-electron chi connectivity index (χ3n) is 4.33. The molecule has 0 bridgehead atoms. The van der Waals surface area contributed by atoms with Gasteiger partial charge in [0.25, 0.3) is 5.91 Å². The SMILES string of the molecule is CNS(=O)(=O)c1ccc(NC(=O)[C@@H](NC(=O)c2ccccc2C)C(C)C)cc1. The molecule has 0 aliphatic heterocycles. The highest BCUT2D eigenvalue weighted by Gasteiger charge is 2.25. The van der Waals surface area contributed by atoms with Crippen LogP contribution in [0.25, 0.3) is 0 Å². The maximum Gasteiger partial charge on any atom is 0.252 e. The zero-order valence-corrected chi connectivity index (χ0v) is 17.1. The molecule has 7 nitrogen and oxygen atoms in total. The fourth-order valence-corrected chi connectivity index (χ4v) is 3.37. The van der Waals surface area contributed by atoms with Crippen molar-refractivity contribution >= 4 is 27.5 Å². The van der Waals surface area contributed by atoms with Gasteiger partial charge in [-0.2, -0.15) is 0 Å². The van der Waals surface area contributed by atoms with E-state index in [4.69, 9.17) is 0 Å². The van der Waals surface area contributed by atoms with Gasteiger partial charge in [0, 0.05) is 11.3 Å². The summed E-state index contributed by atoms with van der Waals surface area (Å²) >= 11 is 0. The molecule has 0 fully saturated rings. The Balaban J connectivity index is 2.13. The first kappa shape index (κ1) is 21.6. The summed E-state index contributed by atoms with van der Waals surface area (Å²) in [7, 11) is -2.21. The smallest absolute Gasteiger partial charge is 0.252 e. The average Bonchev–Trinajstić information content (AvgIpc) is 2.66. The Morgan fingerprint density at radius 2 is 1.57 bits per heavy atom. The highest BCUT2D eigenvalue weighted by Crippen LogP contribution is 2.15. The van der Waals surface area contributed by atoms with Gasteiger partial charge in [0.1, 0.15) is 6.04 Å². The molecule has 2 aromatic carbocycles. The fourth-order valence-electron chi connectivity index (χ4n) is 2.64. The van der Waals surface area contributed by atoms with Crippen molar-refractivity contribution in [3.05, 3.63) is 59.7 Å². The Bertz CT molecular complexity index is 954. The molecule has 2 rings (SSSR count). The summed E-state index contributed by atoms with van der Waals surface area (Å²) in [6.45, 7) is 5.51. The summed E-state index contributed by atoms with van der Waals surface area (Å²) in [4.78, 5) is 25.3. The van der Waals surface area contributed by atoms with Gasteiger partial charge < -0.3 is 10.6 Å². The first-order valence-corrected chi connectivity index (χ1v) is 10.3. The van der Waals surface area contributed by atoms with Crippen LogP contribution in [-0.2, 0) is 14.8 Å². The first-order chi connectivity index (χ1) is 13.2. The van der Waals surface area contributed by atoms with Crippen LogP contribution in [0.1, 0.15) is 29.8 Å². The van der Waals surface area contributed by atoms with Crippen molar-refractivity contribution in [2.75, 3.05) is 12.4 Å². The molecule has 0 heterocycles. The standard InChI is InChI=1S/C20H25N3O4S/c1-13(2)18(23-19(24)17-8-6-5-7-14(17)3)20(25)22-15-9-11-16(12-10-15)28(26,27)21-4/h5-13,18,21H,1-4H3,(H,22,25)(H,23,24)/t18-/m0/s1. The van der Waals surface area contributed by atoms with Gasteiger partial charge in [-0.25, -0.2) is 13.1 Å². The van der Waals surface area contributed by atoms with Crippen molar-refractivity contribution < 1.29 is 18.0 Å². The summed E-state index contributed by atoms with van der Waals surface area (Å²) in [5.41, 5.74) is 1.78. The highest BCUT2D eigenvalue weighted by molar-refractivity contribution is 7.89. The zero-order chi connectivity index (χ0) is 20.9. The van der Waals surface area contributed by atoms with Crippen molar-refractivity contribution in [1.29, 1.82) is 0 Å². The van der Waals surface area contributed by atoms with E-state index >= 15 is 0 Å². The number of anilines is 1. The number of carbonyl (C=O) groups is 2. The summed E-state index contributed by atoms with van der Waals surface area (Å²) in [5, 5.41) is 5.50. The number of nitrogens with one attached hydrogen (secondary N) is 3. The first-order valence-electron chi connectivity index (χ1n) is 8.86. The van der Waals surface area contributed by atoms with E-state index in [0.29, 0.717) is 11.3 Å². The van der Waals surface area contributed by atoms with Crippen molar-refractivity contribution in [2.24, 2.45) is 5.92 Å². The predicted octanol–water partition coefficient (Wildman–Crippen LogP) is 2.30. The summed E-state index contributed by atoms with van der Waals surface area (Å²) in [6.07, 6.45) is 0. The van der Waals surface area contributed by atoms with Crippen LogP contribution in [0.4, 0.5) is 5.69 Å². The van der Waals surface area contributed by atoms with Gasteiger partial charge in [0.05, 0.1) is 4.90 Å². The van der Waals surface area contributed by atoms with Gasteiger partial charge in [-0.05, 0) is 55.8 Å². The summed E-state index contributed by atoms with van der Waals surface area (Å²) < 4.78 is 25.8. The number of benzene rings is 2. The molecule has 0 aliphatic carbocycles. The van der Waals surface area contributed by atoms with E-state index in [1.165, 1.54) is 31.3 Å². The largest absolute Gasteiger partial charge is 0.340 e. The molecule has 28 heavy (non-hydrogen) atoms. The van der Waals surface area contributed by atoms with Crippen molar-refractivity contribution in [1.82, 2.24) is 10.0 Å². The molecule has 150 valence electrons. The van der Waals surface area contributed by atoms with Crippen molar-refractivity contribution in [3.8, 4) is 0 Å². The van der Waals surface area contributed by atoms with Crippen molar-refractivity contribution in [3.63, 3.8) is 0 Å². The molecule has 0 aromatic heterocycles. The van der Waals surface area contributed by atoms with Crippen LogP contribution in [0.3, 0.4) is 0 Å². The van der Waals surface area contributed by atoms with Gasteiger partial charge in [-0.15, -0.1) is 0 Å². The molecule has 0 saturated heterocycles. The second kappa shape index (κ2) is 8.99. The number of hydrogen-bond donors (Lipinski definition) is 3. The number of amides is 2. The number of hydrogen-bond acceptors (Lipinski definition) is 4. The molecular weight excluding hydrogens is 378 g/mol. The Morgan fingerprint density at radius 3 is 2.11 bits per heavy atom. The molecule has 1 atom stereocenters. The zero-order valence-electron chi connectivity index (χ0n) is 16.3. The summed E-state index contributed by atoms with van der Waals surface area (Å²) in [6, 6.07) is 12.2. The van der Waals surface area contributed by atoms with E-state index in [-0.39, 0.29) is 22.6 Å². The lowest BCUT2D eigenvalue weighted by Crippen LogP contribution is -2.47. The van der Waals surface area contributed by atoms with Gasteiger partial charge in [-0.3, -0.25) is 9.59 Å². The lowest BCUT2D eigenvalue weighted by atomic mass is 10.0. The van der Waals surface area contributed by atoms with Crippen LogP contribution in [0.5, 0.6) is 0 Å². The summed E-state index contributed by atoms with van der Waals surface area (Å²) in [5.74, 6) is -0.833. The van der Waals surface area contributed by atoms with Gasteiger partial charge in [0.2, 0.25) is 15.9 Å². The van der Waals surface area contributed by atoms with E-state index < -0.39 is 16.1 Å². The Hall–Kier alpha value is -2.71. The quantitative estimate of drug-likeness (QED) is 0.660. The Morgan fingerprint density at radius 1 is 0.964 bits per heavy atom. The molecule has 0 spiro atoms. The van der Waals surface area contributed by atoms with Gasteiger partial charge in [0.15, 0.2) is 0 Å². The molecule has 2 amide bonds. The molecule has 0 saturated carbocycles. The molecule has 2 aromatic rings. The molecule has 8 heteroatoms. The minimum atomic E-state index is -3.54. The lowest BCUT2D eigenvalue weighted by molar-refractivity contribution is -0.118. The average molecular weight is 404 g/mol. The van der Waals surface area contributed by atoms with E-state index in [9.17, 15) is 18.0 Å². The monoisotopic (exact) mass is 403 g/mol. The van der Waals surface area contributed by atoms with Crippen LogP contribution < -0.4 is 15.4 Å². The second-order valence-electron chi connectivity index (χ2n) is 6.73. The van der Waals surface area contributed by atoms with Crippen LogP contribution in [0, 0.1) is 12.8 Å². The molecule has 3 N–H and O–H groups in total. The van der Waals surface area contributed by atoms with E-state index in [1.807, 2.05) is 32.9 Å². The maximum atomic E-state index is 12.7. The van der Waals surface area contributed by atoms with Gasteiger partial charge >= 0.3 is 0 Å². The van der Waals surface area contributed by atoms with E-state index in [1.54, 1.807) is 12.1 Å². The predicted molar refractivity (Wildman–Crippen MR) is 109 cm³/mol. The highest BCUT2D eigenvalue weighted by atomic mass is 32.2. The second-order valence-corrected chi connectivity index (χ2v) is 8.62. The Kier molecular flexibility index (Phi) is 6.93. The van der Waals surface area contributed by atoms with Crippen LogP contribution in [-0.4, -0.2) is 33.3 Å². The van der Waals surface area contributed by atoms with E-state index in [2.05, 4.69) is 15.4 Å². The normalized spacial score (nSPS) is 12.5.